The van der Waals surface area contributed by atoms with E-state index < -0.39 is 41.1 Å². The van der Waals surface area contributed by atoms with E-state index in [4.69, 9.17) is 22.1 Å². The zero-order chi connectivity index (χ0) is 22.0. The molecule has 0 fully saturated rings. The number of aromatic nitrogens is 3. The summed E-state index contributed by atoms with van der Waals surface area (Å²) in [5, 5.41) is 3.75. The average Bonchev–Trinajstić information content (AvgIpc) is 2.69. The molecule has 156 valence electrons. The van der Waals surface area contributed by atoms with Crippen molar-refractivity contribution in [2.75, 3.05) is 7.11 Å². The molecule has 0 radical (unpaired) electrons. The van der Waals surface area contributed by atoms with Crippen LogP contribution in [0.5, 0.6) is 5.88 Å². The lowest BCUT2D eigenvalue weighted by atomic mass is 10.1. The first kappa shape index (κ1) is 21.2. The van der Waals surface area contributed by atoms with Gasteiger partial charge < -0.3 is 10.5 Å². The van der Waals surface area contributed by atoms with Crippen LogP contribution in [0.2, 0.25) is 5.02 Å². The highest BCUT2D eigenvalue weighted by Crippen LogP contribution is 2.16. The van der Waals surface area contributed by atoms with Crippen molar-refractivity contribution < 1.29 is 18.3 Å². The molecule has 0 saturated heterocycles. The summed E-state index contributed by atoms with van der Waals surface area (Å²) in [7, 11) is 1.19. The standard InChI is InChI=1S/C19H15ClF2N4O4/c1-30-17-18(28)25(9-10-2-4-13(20)15(22)6-10)19(29)26(24-17)12-3-5-14(21)11(7-12)8-16(23)27/h2-7H,8-9H2,1H3,(H2,23,27). The number of methoxy groups -OCH3 is 1. The highest BCUT2D eigenvalue weighted by atomic mass is 35.5. The van der Waals surface area contributed by atoms with Crippen molar-refractivity contribution in [3.05, 3.63) is 85.0 Å². The molecule has 11 heteroatoms. The van der Waals surface area contributed by atoms with Crippen molar-refractivity contribution in [3.63, 3.8) is 0 Å². The van der Waals surface area contributed by atoms with Gasteiger partial charge in [0.1, 0.15) is 11.6 Å². The number of nitrogens with two attached hydrogens (primary N) is 1. The molecule has 0 unspecified atom stereocenters. The predicted molar refractivity (Wildman–Crippen MR) is 104 cm³/mol. The lowest BCUT2D eigenvalue weighted by Crippen LogP contribution is -2.41. The summed E-state index contributed by atoms with van der Waals surface area (Å²) < 4.78 is 34.3. The van der Waals surface area contributed by atoms with E-state index in [9.17, 15) is 23.2 Å². The first-order valence-electron chi connectivity index (χ1n) is 8.50. The molecular formula is C19H15ClF2N4O4. The Morgan fingerprint density at radius 2 is 1.90 bits per heavy atom. The highest BCUT2D eigenvalue weighted by molar-refractivity contribution is 6.30. The summed E-state index contributed by atoms with van der Waals surface area (Å²) in [6, 6.07) is 7.34. The Hall–Kier alpha value is -3.53. The van der Waals surface area contributed by atoms with Crippen molar-refractivity contribution in [2.24, 2.45) is 5.73 Å². The Bertz CT molecular complexity index is 1260. The maximum Gasteiger partial charge on any atom is 0.352 e. The number of hydrogen-bond donors (Lipinski definition) is 1. The highest BCUT2D eigenvalue weighted by Gasteiger charge is 2.17. The predicted octanol–water partition coefficient (Wildman–Crippen LogP) is 1.41. The van der Waals surface area contributed by atoms with Gasteiger partial charge in [-0.25, -0.2) is 18.1 Å². The second kappa shape index (κ2) is 8.46. The largest absolute Gasteiger partial charge is 0.476 e. The number of hydrogen-bond acceptors (Lipinski definition) is 5. The van der Waals surface area contributed by atoms with Crippen LogP contribution >= 0.6 is 11.6 Å². The third kappa shape index (κ3) is 4.23. The van der Waals surface area contributed by atoms with E-state index >= 15 is 0 Å². The Balaban J connectivity index is 2.16. The molecule has 30 heavy (non-hydrogen) atoms. The van der Waals surface area contributed by atoms with E-state index in [0.29, 0.717) is 5.56 Å². The van der Waals surface area contributed by atoms with E-state index in [0.717, 1.165) is 21.4 Å². The van der Waals surface area contributed by atoms with Crippen LogP contribution in [0.15, 0.2) is 46.0 Å². The quantitative estimate of drug-likeness (QED) is 0.628. The van der Waals surface area contributed by atoms with Gasteiger partial charge in [0.2, 0.25) is 5.91 Å². The number of nitrogens with zero attached hydrogens (tertiary/aromatic N) is 3. The second-order valence-corrected chi connectivity index (χ2v) is 6.67. The zero-order valence-corrected chi connectivity index (χ0v) is 16.3. The van der Waals surface area contributed by atoms with Crippen molar-refractivity contribution in [2.45, 2.75) is 13.0 Å². The molecule has 0 aliphatic carbocycles. The maximum absolute atomic E-state index is 14.0. The molecule has 0 spiro atoms. The number of carbonyl (C=O) groups excluding carboxylic acids is 1. The number of ether oxygens (including phenoxy) is 1. The van der Waals surface area contributed by atoms with Crippen molar-refractivity contribution in [1.82, 2.24) is 14.3 Å². The summed E-state index contributed by atoms with van der Waals surface area (Å²) in [6.45, 7) is -0.292. The van der Waals surface area contributed by atoms with Gasteiger partial charge in [0.05, 0.1) is 30.8 Å². The van der Waals surface area contributed by atoms with Crippen LogP contribution in [0.1, 0.15) is 11.1 Å². The van der Waals surface area contributed by atoms with E-state index in [1.165, 1.54) is 31.4 Å². The molecule has 3 rings (SSSR count). The van der Waals surface area contributed by atoms with Gasteiger partial charge in [-0.15, -0.1) is 5.10 Å². The fourth-order valence-electron chi connectivity index (χ4n) is 2.77. The number of carbonyl (C=O) groups is 1. The summed E-state index contributed by atoms with van der Waals surface area (Å²) in [5.41, 5.74) is 3.72. The van der Waals surface area contributed by atoms with Crippen molar-refractivity contribution in [1.29, 1.82) is 0 Å². The van der Waals surface area contributed by atoms with Gasteiger partial charge >= 0.3 is 11.2 Å². The first-order chi connectivity index (χ1) is 14.2. The average molecular weight is 437 g/mol. The molecule has 0 bridgehead atoms. The topological polar surface area (TPSA) is 109 Å². The van der Waals surface area contributed by atoms with E-state index in [1.54, 1.807) is 0 Å². The van der Waals surface area contributed by atoms with Gasteiger partial charge in [0.25, 0.3) is 5.88 Å². The molecule has 0 saturated carbocycles. The van der Waals surface area contributed by atoms with Crippen LogP contribution in [-0.4, -0.2) is 27.4 Å². The third-order valence-electron chi connectivity index (χ3n) is 4.19. The van der Waals surface area contributed by atoms with Crippen LogP contribution in [0.4, 0.5) is 8.78 Å². The fraction of sp³-hybridized carbons (Fsp3) is 0.158. The van der Waals surface area contributed by atoms with Gasteiger partial charge in [-0.2, -0.15) is 4.68 Å². The lowest BCUT2D eigenvalue weighted by molar-refractivity contribution is -0.117. The Morgan fingerprint density at radius 1 is 1.17 bits per heavy atom. The van der Waals surface area contributed by atoms with Gasteiger partial charge in [-0.05, 0) is 41.5 Å². The molecule has 3 aromatic rings. The van der Waals surface area contributed by atoms with Crippen molar-refractivity contribution >= 4 is 17.5 Å². The van der Waals surface area contributed by atoms with E-state index in [2.05, 4.69) is 5.10 Å². The summed E-state index contributed by atoms with van der Waals surface area (Å²) in [5.74, 6) is -2.58. The van der Waals surface area contributed by atoms with E-state index in [1.807, 2.05) is 0 Å². The molecule has 8 nitrogen and oxygen atoms in total. The Morgan fingerprint density at radius 3 is 2.53 bits per heavy atom. The summed E-state index contributed by atoms with van der Waals surface area (Å²) >= 11 is 5.66. The number of benzene rings is 2. The number of primary amides is 1. The van der Waals surface area contributed by atoms with Gasteiger partial charge in [-0.3, -0.25) is 9.59 Å². The summed E-state index contributed by atoms with van der Waals surface area (Å²) in [6.07, 6.45) is -0.394. The molecule has 2 aromatic carbocycles. The van der Waals surface area contributed by atoms with Crippen LogP contribution < -0.4 is 21.7 Å². The number of halogens is 3. The molecule has 0 atom stereocenters. The monoisotopic (exact) mass is 436 g/mol. The zero-order valence-electron chi connectivity index (χ0n) is 15.6. The minimum Gasteiger partial charge on any atom is -0.476 e. The fourth-order valence-corrected chi connectivity index (χ4v) is 2.88. The number of rotatable bonds is 6. The van der Waals surface area contributed by atoms with Gasteiger partial charge in [0, 0.05) is 0 Å². The maximum atomic E-state index is 14.0. The van der Waals surface area contributed by atoms with E-state index in [-0.39, 0.29) is 22.8 Å². The molecule has 1 heterocycles. The second-order valence-electron chi connectivity index (χ2n) is 6.26. The van der Waals surface area contributed by atoms with Gasteiger partial charge in [-0.1, -0.05) is 17.7 Å². The molecule has 1 amide bonds. The Kier molecular flexibility index (Phi) is 5.97. The van der Waals surface area contributed by atoms with Crippen LogP contribution in [-0.2, 0) is 17.8 Å². The summed E-state index contributed by atoms with van der Waals surface area (Å²) in [4.78, 5) is 36.6. The molecule has 1 aromatic heterocycles. The normalized spacial score (nSPS) is 10.8. The SMILES string of the molecule is COc1nn(-c2ccc(F)c(CC(N)=O)c2)c(=O)n(Cc2ccc(Cl)c(F)c2)c1=O. The van der Waals surface area contributed by atoms with Crippen LogP contribution in [0.25, 0.3) is 5.69 Å². The minimum atomic E-state index is -0.882. The Labute approximate surface area is 173 Å². The number of amides is 1. The smallest absolute Gasteiger partial charge is 0.352 e. The molecule has 0 aliphatic rings. The first-order valence-corrected chi connectivity index (χ1v) is 8.88. The molecule has 0 aliphatic heterocycles. The van der Waals surface area contributed by atoms with Crippen LogP contribution in [0.3, 0.4) is 0 Å². The third-order valence-corrected chi connectivity index (χ3v) is 4.49. The van der Waals surface area contributed by atoms with Crippen molar-refractivity contribution in [3.8, 4) is 11.6 Å². The minimum absolute atomic E-state index is 0.0508. The molecular weight excluding hydrogens is 422 g/mol. The lowest BCUT2D eigenvalue weighted by Gasteiger charge is -2.12. The molecule has 2 N–H and O–H groups in total. The van der Waals surface area contributed by atoms with Gasteiger partial charge in [0.15, 0.2) is 0 Å². The van der Waals surface area contributed by atoms with Crippen LogP contribution in [0, 0.1) is 11.6 Å².